The van der Waals surface area contributed by atoms with Crippen molar-refractivity contribution in [3.63, 3.8) is 0 Å². The highest BCUT2D eigenvalue weighted by Crippen LogP contribution is 2.21. The molecule has 0 amide bonds. The fraction of sp³-hybridized carbons (Fsp3) is 0.750. The van der Waals surface area contributed by atoms with Crippen LogP contribution in [0.1, 0.15) is 6.42 Å². The predicted molar refractivity (Wildman–Crippen MR) is 20.9 cm³/mol. The minimum atomic E-state index is -3.57. The summed E-state index contributed by atoms with van der Waals surface area (Å²) in [6, 6.07) is 0. The average molecular weight is 129 g/mol. The Hall–Kier alpha value is -0.280. The average Bonchev–Trinajstić information content (AvgIpc) is 1.67. The van der Waals surface area contributed by atoms with Crippen molar-refractivity contribution in [1.82, 2.24) is 0 Å². The van der Waals surface area contributed by atoms with Crippen LogP contribution < -0.4 is 0 Å². The van der Waals surface area contributed by atoms with Gasteiger partial charge in [-0.1, -0.05) is 0 Å². The van der Waals surface area contributed by atoms with Crippen molar-refractivity contribution in [3.8, 4) is 0 Å². The van der Waals surface area contributed by atoms with E-state index in [0.29, 0.717) is 0 Å². The van der Waals surface area contributed by atoms with Crippen molar-refractivity contribution in [2.45, 2.75) is 12.3 Å². The Morgan fingerprint density at radius 1 is 1.38 bits per heavy atom. The van der Waals surface area contributed by atoms with Crippen molar-refractivity contribution < 1.29 is 17.6 Å². The molecule has 49 valence electrons. The molecule has 0 atom stereocenters. The molecule has 4 heteroatoms. The Kier molecular flexibility index (Phi) is 2.79. The highest BCUT2D eigenvalue weighted by molar-refractivity contribution is 4.73. The van der Waals surface area contributed by atoms with Gasteiger partial charge in [0.25, 0.3) is 5.92 Å². The van der Waals surface area contributed by atoms with Crippen LogP contribution in [0.25, 0.3) is 0 Å². The van der Waals surface area contributed by atoms with Gasteiger partial charge in [-0.05, 0) is 0 Å². The second kappa shape index (κ2) is 2.89. The smallest absolute Gasteiger partial charge is 0.251 e. The molecule has 0 nitrogen and oxygen atoms in total. The first kappa shape index (κ1) is 7.72. The minimum absolute atomic E-state index is 0.799. The monoisotopic (exact) mass is 129 g/mol. The van der Waals surface area contributed by atoms with E-state index in [1.165, 1.54) is 0 Å². The molecule has 0 saturated carbocycles. The second-order valence-corrected chi connectivity index (χ2v) is 1.31. The summed E-state index contributed by atoms with van der Waals surface area (Å²) in [5.74, 6) is -3.57. The highest BCUT2D eigenvalue weighted by Gasteiger charge is 2.28. The quantitative estimate of drug-likeness (QED) is 0.512. The molecule has 8 heavy (non-hydrogen) atoms. The molecule has 0 bridgehead atoms. The fourth-order valence-electron chi connectivity index (χ4n) is 0.181. The van der Waals surface area contributed by atoms with Gasteiger partial charge in [-0.3, -0.25) is 4.39 Å². The lowest BCUT2D eigenvalue weighted by molar-refractivity contribution is -0.00186. The van der Waals surface area contributed by atoms with E-state index < -0.39 is 25.7 Å². The molecule has 0 heterocycles. The summed E-state index contributed by atoms with van der Waals surface area (Å²) in [5.41, 5.74) is 0. The van der Waals surface area contributed by atoms with Crippen LogP contribution in [0.3, 0.4) is 0 Å². The summed E-state index contributed by atoms with van der Waals surface area (Å²) in [4.78, 5) is 0. The van der Waals surface area contributed by atoms with Gasteiger partial charge < -0.3 is 0 Å². The molecule has 0 unspecified atom stereocenters. The number of rotatable bonds is 3. The van der Waals surface area contributed by atoms with Gasteiger partial charge >= 0.3 is 0 Å². The maximum atomic E-state index is 11.5. The lowest BCUT2D eigenvalue weighted by Gasteiger charge is -2.06. The molecule has 0 aromatic heterocycles. The van der Waals surface area contributed by atoms with Crippen molar-refractivity contribution in [3.05, 3.63) is 6.67 Å². The summed E-state index contributed by atoms with van der Waals surface area (Å²) < 4.78 is 44.9. The van der Waals surface area contributed by atoms with Crippen LogP contribution in [-0.2, 0) is 0 Å². The largest absolute Gasteiger partial charge is 0.284 e. The Morgan fingerprint density at radius 2 is 1.88 bits per heavy atom. The van der Waals surface area contributed by atoms with Gasteiger partial charge in [0, 0.05) is 6.42 Å². The third kappa shape index (κ3) is 2.82. The molecule has 0 N–H and O–H groups in total. The van der Waals surface area contributed by atoms with E-state index in [-0.39, 0.29) is 0 Å². The van der Waals surface area contributed by atoms with Crippen LogP contribution in [0, 0.1) is 6.67 Å². The molecule has 1 radical (unpaired) electrons. The van der Waals surface area contributed by atoms with Crippen molar-refractivity contribution in [2.24, 2.45) is 0 Å². The maximum absolute atomic E-state index is 11.5. The van der Waals surface area contributed by atoms with Gasteiger partial charge in [-0.25, -0.2) is 13.2 Å². The van der Waals surface area contributed by atoms with E-state index in [1.54, 1.807) is 0 Å². The molecule has 0 aliphatic heterocycles. The lowest BCUT2D eigenvalue weighted by atomic mass is 10.3. The lowest BCUT2D eigenvalue weighted by Crippen LogP contribution is -2.14. The Balaban J connectivity index is 3.37. The first-order chi connectivity index (χ1) is 3.62. The SMILES string of the molecule is F[CH]C(F)(F)CCF. The molecule has 0 aromatic carbocycles. The molecule has 0 aliphatic rings. The first-order valence-electron chi connectivity index (χ1n) is 2.01. The number of halogens is 4. The zero-order valence-corrected chi connectivity index (χ0v) is 4.00. The fourth-order valence-corrected chi connectivity index (χ4v) is 0.181. The maximum Gasteiger partial charge on any atom is 0.284 e. The first-order valence-corrected chi connectivity index (χ1v) is 2.01. The van der Waals surface area contributed by atoms with Crippen molar-refractivity contribution in [2.75, 3.05) is 6.67 Å². The third-order valence-electron chi connectivity index (χ3n) is 0.587. The van der Waals surface area contributed by atoms with Crippen LogP contribution in [0.5, 0.6) is 0 Å². The summed E-state index contributed by atoms with van der Waals surface area (Å²) in [5, 5.41) is 0. The molecule has 0 aromatic rings. The summed E-state index contributed by atoms with van der Waals surface area (Å²) in [6.45, 7) is -2.00. The molecule has 0 fully saturated rings. The second-order valence-electron chi connectivity index (χ2n) is 1.31. The van der Waals surface area contributed by atoms with Crippen molar-refractivity contribution in [1.29, 1.82) is 0 Å². The Bertz CT molecular complexity index is 61.1. The Labute approximate surface area is 44.5 Å². The van der Waals surface area contributed by atoms with Gasteiger partial charge in [0.05, 0.1) is 6.67 Å². The normalized spacial score (nSPS) is 12.0. The standard InChI is InChI=1S/C4H5F4/c5-2-1-4(7,8)3-6/h3H,1-2H2. The van der Waals surface area contributed by atoms with Crippen LogP contribution in [0.15, 0.2) is 0 Å². The zero-order chi connectivity index (χ0) is 6.62. The summed E-state index contributed by atoms with van der Waals surface area (Å²) >= 11 is 0. The van der Waals surface area contributed by atoms with Crippen LogP contribution >= 0.6 is 0 Å². The molecule has 0 saturated heterocycles. The molecular weight excluding hydrogens is 124 g/mol. The topological polar surface area (TPSA) is 0 Å². The van der Waals surface area contributed by atoms with Gasteiger partial charge in [-0.2, -0.15) is 0 Å². The highest BCUT2D eigenvalue weighted by atomic mass is 19.3. The van der Waals surface area contributed by atoms with Gasteiger partial charge in [0.15, 0.2) is 0 Å². The van der Waals surface area contributed by atoms with Crippen LogP contribution in [0.2, 0.25) is 0 Å². The zero-order valence-electron chi connectivity index (χ0n) is 4.00. The number of alkyl halides is 3. The number of hydrogen-bond acceptors (Lipinski definition) is 0. The van der Waals surface area contributed by atoms with Crippen LogP contribution in [0.4, 0.5) is 17.6 Å². The summed E-state index contributed by atoms with van der Waals surface area (Å²) in [6.07, 6.45) is -1.07. The van der Waals surface area contributed by atoms with E-state index in [2.05, 4.69) is 0 Å². The predicted octanol–water partition coefficient (Wildman–Crippen LogP) is 2.11. The van der Waals surface area contributed by atoms with E-state index in [1.807, 2.05) is 0 Å². The van der Waals surface area contributed by atoms with E-state index in [4.69, 9.17) is 0 Å². The van der Waals surface area contributed by atoms with Gasteiger partial charge in [-0.15, -0.1) is 0 Å². The van der Waals surface area contributed by atoms with E-state index in [0.717, 1.165) is 0 Å². The number of hydrogen-bond donors (Lipinski definition) is 0. The molecule has 0 aliphatic carbocycles. The summed E-state index contributed by atoms with van der Waals surface area (Å²) in [7, 11) is 0. The van der Waals surface area contributed by atoms with E-state index in [9.17, 15) is 17.6 Å². The van der Waals surface area contributed by atoms with Gasteiger partial charge in [0.2, 0.25) is 6.67 Å². The minimum Gasteiger partial charge on any atom is -0.251 e. The van der Waals surface area contributed by atoms with Crippen LogP contribution in [-0.4, -0.2) is 12.6 Å². The van der Waals surface area contributed by atoms with E-state index >= 15 is 0 Å². The van der Waals surface area contributed by atoms with Crippen molar-refractivity contribution >= 4 is 0 Å². The third-order valence-corrected chi connectivity index (χ3v) is 0.587. The van der Waals surface area contributed by atoms with Gasteiger partial charge in [0.1, 0.15) is 0 Å². The molecule has 0 rings (SSSR count). The molecular formula is C4H5F4. The Morgan fingerprint density at radius 3 is 2.00 bits per heavy atom. The molecule has 0 spiro atoms.